The number of rotatable bonds is 14. The summed E-state index contributed by atoms with van der Waals surface area (Å²) in [4.78, 5) is 32.7. The Morgan fingerprint density at radius 3 is 2.17 bits per heavy atom. The summed E-state index contributed by atoms with van der Waals surface area (Å²) in [7, 11) is 0. The number of aromatic nitrogens is 2. The van der Waals surface area contributed by atoms with Gasteiger partial charge in [-0.3, -0.25) is 4.90 Å². The molecule has 41 heavy (non-hydrogen) atoms. The fourth-order valence-electron chi connectivity index (χ4n) is 5.78. The zero-order chi connectivity index (χ0) is 29.0. The predicted octanol–water partition coefficient (Wildman–Crippen LogP) is 7.29. The molecular weight excluding hydrogens is 514 g/mol. The highest BCUT2D eigenvalue weighted by atomic mass is 16.5. The minimum absolute atomic E-state index is 0.275. The van der Waals surface area contributed by atoms with E-state index in [-0.39, 0.29) is 13.2 Å². The van der Waals surface area contributed by atoms with Crippen molar-refractivity contribution >= 4 is 11.9 Å². The van der Waals surface area contributed by atoms with Crippen LogP contribution < -0.4 is 0 Å². The summed E-state index contributed by atoms with van der Waals surface area (Å²) in [6.45, 7) is 9.54. The number of esters is 2. The lowest BCUT2D eigenvalue weighted by molar-refractivity contribution is 0.0524. The van der Waals surface area contributed by atoms with Gasteiger partial charge < -0.3 is 14.0 Å². The van der Waals surface area contributed by atoms with Crippen LogP contribution in [-0.4, -0.2) is 46.1 Å². The average Bonchev–Trinajstić information content (AvgIpc) is 3.39. The molecule has 4 rings (SSSR count). The van der Waals surface area contributed by atoms with E-state index in [1.807, 2.05) is 24.4 Å². The molecule has 0 amide bonds. The normalized spacial score (nSPS) is 13.9. The second-order valence-corrected chi connectivity index (χ2v) is 11.0. The third kappa shape index (κ3) is 8.52. The highest BCUT2D eigenvalue weighted by Crippen LogP contribution is 2.27. The van der Waals surface area contributed by atoms with Gasteiger partial charge in [-0.2, -0.15) is 0 Å². The van der Waals surface area contributed by atoms with E-state index in [9.17, 15) is 9.59 Å². The Morgan fingerprint density at radius 2 is 1.56 bits per heavy atom. The van der Waals surface area contributed by atoms with E-state index in [4.69, 9.17) is 14.5 Å². The lowest BCUT2D eigenvalue weighted by atomic mass is 9.89. The molecule has 7 nitrogen and oxygen atoms in total. The van der Waals surface area contributed by atoms with E-state index in [1.54, 1.807) is 19.9 Å². The number of carbonyl (C=O) groups is 2. The van der Waals surface area contributed by atoms with Crippen LogP contribution in [0, 0.1) is 5.92 Å². The van der Waals surface area contributed by atoms with Gasteiger partial charge in [0.25, 0.3) is 0 Å². The lowest BCUT2D eigenvalue weighted by Gasteiger charge is -2.30. The van der Waals surface area contributed by atoms with Crippen LogP contribution in [0.15, 0.2) is 54.7 Å². The number of benzene rings is 2. The molecule has 1 aliphatic rings. The van der Waals surface area contributed by atoms with Crippen molar-refractivity contribution in [2.24, 2.45) is 5.92 Å². The lowest BCUT2D eigenvalue weighted by Crippen LogP contribution is -2.31. The monoisotopic (exact) mass is 559 g/mol. The minimum atomic E-state index is -0.427. The van der Waals surface area contributed by atoms with E-state index in [0.29, 0.717) is 23.6 Å². The first-order valence-corrected chi connectivity index (χ1v) is 15.3. The van der Waals surface area contributed by atoms with Crippen molar-refractivity contribution < 1.29 is 19.1 Å². The molecule has 1 aromatic heterocycles. The first-order chi connectivity index (χ1) is 20.0. The number of unbranched alkanes of at least 4 members (excludes halogenated alkanes) is 1. The van der Waals surface area contributed by atoms with Gasteiger partial charge in [-0.25, -0.2) is 14.6 Å². The van der Waals surface area contributed by atoms with Crippen LogP contribution in [0.3, 0.4) is 0 Å². The van der Waals surface area contributed by atoms with Crippen molar-refractivity contribution in [1.82, 2.24) is 14.5 Å². The van der Waals surface area contributed by atoms with Crippen molar-refractivity contribution in [3.63, 3.8) is 0 Å². The molecule has 0 bridgehead atoms. The standard InChI is InChI=1S/C34H45N3O4/c1-4-7-18-37-31(22-35-32(37)28-16-12-9-13-17-28)25-36(23-26-14-10-8-11-15-26)24-27-19-29(33(38)40-5-2)21-30(20-27)34(39)41-6-3/h9,12-13,16-17,19-22,26H,4-8,10-11,14-15,18,23-25H2,1-3H3. The van der Waals surface area contributed by atoms with Gasteiger partial charge in [0.15, 0.2) is 0 Å². The summed E-state index contributed by atoms with van der Waals surface area (Å²) < 4.78 is 12.9. The summed E-state index contributed by atoms with van der Waals surface area (Å²) >= 11 is 0. The molecule has 1 fully saturated rings. The van der Waals surface area contributed by atoms with Gasteiger partial charge >= 0.3 is 11.9 Å². The zero-order valence-electron chi connectivity index (χ0n) is 24.9. The molecular formula is C34H45N3O4. The Labute approximate surface area is 244 Å². The second-order valence-electron chi connectivity index (χ2n) is 11.0. The van der Waals surface area contributed by atoms with Crippen molar-refractivity contribution in [3.05, 3.63) is 77.1 Å². The van der Waals surface area contributed by atoms with Crippen LogP contribution in [-0.2, 0) is 29.1 Å². The van der Waals surface area contributed by atoms with Gasteiger partial charge in [-0.05, 0) is 62.8 Å². The molecule has 1 saturated carbocycles. The first kappa shape index (κ1) is 30.5. The Balaban J connectivity index is 1.67. The van der Waals surface area contributed by atoms with Gasteiger partial charge in [0.05, 0.1) is 36.2 Å². The average molecular weight is 560 g/mol. The van der Waals surface area contributed by atoms with Crippen LogP contribution in [0.25, 0.3) is 11.4 Å². The van der Waals surface area contributed by atoms with Crippen LogP contribution in [0.2, 0.25) is 0 Å². The summed E-state index contributed by atoms with van der Waals surface area (Å²) in [6.07, 6.45) is 10.5. The summed E-state index contributed by atoms with van der Waals surface area (Å²) in [5, 5.41) is 0. The largest absolute Gasteiger partial charge is 0.462 e. The van der Waals surface area contributed by atoms with Gasteiger partial charge in [-0.15, -0.1) is 0 Å². The van der Waals surface area contributed by atoms with Crippen molar-refractivity contribution in [1.29, 1.82) is 0 Å². The second kappa shape index (κ2) is 15.5. The maximum absolute atomic E-state index is 12.7. The minimum Gasteiger partial charge on any atom is -0.462 e. The highest BCUT2D eigenvalue weighted by molar-refractivity contribution is 5.95. The Bertz CT molecular complexity index is 1230. The molecule has 0 saturated heterocycles. The Kier molecular flexibility index (Phi) is 11.6. The van der Waals surface area contributed by atoms with Crippen LogP contribution in [0.5, 0.6) is 0 Å². The molecule has 2 aromatic carbocycles. The van der Waals surface area contributed by atoms with E-state index in [0.717, 1.165) is 49.4 Å². The van der Waals surface area contributed by atoms with Crippen molar-refractivity contribution in [2.45, 2.75) is 85.4 Å². The molecule has 1 heterocycles. The summed E-state index contributed by atoms with van der Waals surface area (Å²) in [5.74, 6) is 0.774. The topological polar surface area (TPSA) is 73.7 Å². The fraction of sp³-hybridized carbons (Fsp3) is 0.500. The molecule has 3 aromatic rings. The Morgan fingerprint density at radius 1 is 0.902 bits per heavy atom. The number of imidazole rings is 1. The molecule has 1 aliphatic carbocycles. The number of nitrogens with zero attached hydrogens (tertiary/aromatic N) is 3. The molecule has 0 aliphatic heterocycles. The van der Waals surface area contributed by atoms with E-state index in [1.165, 1.54) is 37.8 Å². The first-order valence-electron chi connectivity index (χ1n) is 15.3. The SMILES string of the molecule is CCCCn1c(CN(Cc2cc(C(=O)OCC)cc(C(=O)OCC)c2)CC2CCCCC2)cnc1-c1ccccc1. The fourth-order valence-corrected chi connectivity index (χ4v) is 5.78. The van der Waals surface area contributed by atoms with E-state index < -0.39 is 11.9 Å². The molecule has 220 valence electrons. The third-order valence-corrected chi connectivity index (χ3v) is 7.75. The van der Waals surface area contributed by atoms with E-state index >= 15 is 0 Å². The number of carbonyl (C=O) groups excluding carboxylic acids is 2. The molecule has 0 atom stereocenters. The smallest absolute Gasteiger partial charge is 0.338 e. The zero-order valence-corrected chi connectivity index (χ0v) is 24.9. The van der Waals surface area contributed by atoms with Gasteiger partial charge in [0.2, 0.25) is 0 Å². The van der Waals surface area contributed by atoms with Gasteiger partial charge in [0, 0.05) is 31.7 Å². The van der Waals surface area contributed by atoms with E-state index in [2.05, 4.69) is 40.7 Å². The highest BCUT2D eigenvalue weighted by Gasteiger charge is 2.22. The van der Waals surface area contributed by atoms with Gasteiger partial charge in [-0.1, -0.05) is 62.9 Å². The summed E-state index contributed by atoms with van der Waals surface area (Å²) in [5.41, 5.74) is 3.96. The third-order valence-electron chi connectivity index (χ3n) is 7.75. The van der Waals surface area contributed by atoms with Crippen LogP contribution in [0.4, 0.5) is 0 Å². The van der Waals surface area contributed by atoms with Crippen LogP contribution >= 0.6 is 0 Å². The van der Waals surface area contributed by atoms with Gasteiger partial charge in [0.1, 0.15) is 5.82 Å². The predicted molar refractivity (Wildman–Crippen MR) is 162 cm³/mol. The van der Waals surface area contributed by atoms with Crippen molar-refractivity contribution in [3.8, 4) is 11.4 Å². The number of ether oxygens (including phenoxy) is 2. The molecule has 0 unspecified atom stereocenters. The molecule has 0 radical (unpaired) electrons. The maximum Gasteiger partial charge on any atom is 0.338 e. The number of hydrogen-bond donors (Lipinski definition) is 0. The molecule has 7 heteroatoms. The maximum atomic E-state index is 12.7. The summed E-state index contributed by atoms with van der Waals surface area (Å²) in [6, 6.07) is 15.7. The number of hydrogen-bond acceptors (Lipinski definition) is 6. The molecule has 0 N–H and O–H groups in total. The quantitative estimate of drug-likeness (QED) is 0.193. The van der Waals surface area contributed by atoms with Crippen molar-refractivity contribution in [2.75, 3.05) is 19.8 Å². The molecule has 0 spiro atoms. The van der Waals surface area contributed by atoms with Crippen LogP contribution in [0.1, 0.15) is 97.7 Å². The Hall–Kier alpha value is -3.45.